The first kappa shape index (κ1) is 11.9. The molecule has 1 rings (SSSR count). The van der Waals surface area contributed by atoms with E-state index in [1.54, 1.807) is 13.0 Å². The number of alkyl halides is 2. The Morgan fingerprint density at radius 3 is 2.60 bits per heavy atom. The van der Waals surface area contributed by atoms with Gasteiger partial charge in [-0.1, -0.05) is 17.7 Å². The number of aromatic hydroxyl groups is 1. The lowest BCUT2D eigenvalue weighted by Crippen LogP contribution is -2.36. The molecule has 0 radical (unpaired) electrons. The predicted octanol–water partition coefficient (Wildman–Crippen LogP) is 1.33. The molecule has 4 N–H and O–H groups in total. The van der Waals surface area contributed by atoms with Gasteiger partial charge >= 0.3 is 0 Å². The van der Waals surface area contributed by atoms with Gasteiger partial charge in [-0.2, -0.15) is 0 Å². The molecule has 0 saturated carbocycles. The fourth-order valence-corrected chi connectivity index (χ4v) is 1.25. The summed E-state index contributed by atoms with van der Waals surface area (Å²) in [5.74, 6) is -3.73. The molecule has 5 heteroatoms. The lowest BCUT2D eigenvalue weighted by atomic mass is 9.99. The zero-order chi connectivity index (χ0) is 11.6. The molecule has 15 heavy (non-hydrogen) atoms. The van der Waals surface area contributed by atoms with Crippen molar-refractivity contribution in [2.45, 2.75) is 18.9 Å². The smallest absolute Gasteiger partial charge is 0.289 e. The van der Waals surface area contributed by atoms with Crippen molar-refractivity contribution in [3.63, 3.8) is 0 Å². The Balaban J connectivity index is 3.10. The molecule has 3 nitrogen and oxygen atoms in total. The van der Waals surface area contributed by atoms with Crippen LogP contribution in [0.1, 0.15) is 17.2 Å². The monoisotopic (exact) mass is 217 g/mol. The van der Waals surface area contributed by atoms with E-state index in [-0.39, 0.29) is 11.3 Å². The van der Waals surface area contributed by atoms with Gasteiger partial charge in [-0.3, -0.25) is 0 Å². The number of rotatable bonds is 3. The maximum atomic E-state index is 13.1. The Morgan fingerprint density at radius 1 is 1.47 bits per heavy atom. The molecule has 0 aliphatic rings. The summed E-state index contributed by atoms with van der Waals surface area (Å²) in [6.07, 6.45) is 0. The average molecular weight is 217 g/mol. The summed E-state index contributed by atoms with van der Waals surface area (Å²) < 4.78 is 26.1. The Bertz CT molecular complexity index is 355. The lowest BCUT2D eigenvalue weighted by molar-refractivity contribution is -0.0715. The number of hydrogen-bond donors (Lipinski definition) is 3. The van der Waals surface area contributed by atoms with Crippen LogP contribution in [-0.4, -0.2) is 22.7 Å². The van der Waals surface area contributed by atoms with Crippen LogP contribution in [0.3, 0.4) is 0 Å². The van der Waals surface area contributed by atoms with Crippen LogP contribution in [0.4, 0.5) is 8.78 Å². The van der Waals surface area contributed by atoms with Crippen LogP contribution < -0.4 is 5.73 Å². The molecule has 0 bridgehead atoms. The highest BCUT2D eigenvalue weighted by Crippen LogP contribution is 2.33. The van der Waals surface area contributed by atoms with E-state index in [9.17, 15) is 13.9 Å². The van der Waals surface area contributed by atoms with E-state index in [2.05, 4.69) is 0 Å². The van der Waals surface area contributed by atoms with Gasteiger partial charge in [0.25, 0.3) is 5.92 Å². The number of aliphatic hydroxyl groups is 1. The summed E-state index contributed by atoms with van der Waals surface area (Å²) in [6, 6.07) is 2.56. The number of halogens is 2. The molecule has 1 atom stereocenters. The van der Waals surface area contributed by atoms with Gasteiger partial charge in [0.15, 0.2) is 0 Å². The third-order valence-electron chi connectivity index (χ3n) is 2.18. The van der Waals surface area contributed by atoms with E-state index < -0.39 is 18.6 Å². The average Bonchev–Trinajstić information content (AvgIpc) is 2.20. The summed E-state index contributed by atoms with van der Waals surface area (Å²) in [5.41, 5.74) is 5.94. The van der Waals surface area contributed by atoms with E-state index in [1.165, 1.54) is 12.1 Å². The first-order valence-electron chi connectivity index (χ1n) is 4.42. The molecule has 0 unspecified atom stereocenters. The number of benzene rings is 1. The van der Waals surface area contributed by atoms with E-state index in [4.69, 9.17) is 10.8 Å². The molecule has 0 aliphatic heterocycles. The minimum atomic E-state index is -3.44. The summed E-state index contributed by atoms with van der Waals surface area (Å²) in [5, 5.41) is 17.8. The van der Waals surface area contributed by atoms with Gasteiger partial charge in [-0.25, -0.2) is 8.78 Å². The van der Waals surface area contributed by atoms with E-state index in [0.29, 0.717) is 5.56 Å². The van der Waals surface area contributed by atoms with Crippen molar-refractivity contribution in [2.24, 2.45) is 5.73 Å². The van der Waals surface area contributed by atoms with Crippen LogP contribution in [0.25, 0.3) is 0 Å². The molecule has 0 spiro atoms. The first-order valence-corrected chi connectivity index (χ1v) is 4.42. The molecule has 0 aliphatic carbocycles. The standard InChI is InChI=1S/C10H13F2NO2/c1-6-2-3-8(15)7(4-6)9(13)10(11,12)5-14/h2-4,9,14-15H,5,13H2,1H3/t9-/m1/s1. The highest BCUT2D eigenvalue weighted by atomic mass is 19.3. The molecule has 1 aromatic rings. The number of aryl methyl sites for hydroxylation is 1. The Hall–Kier alpha value is -1.20. The minimum Gasteiger partial charge on any atom is -0.508 e. The van der Waals surface area contributed by atoms with Crippen molar-refractivity contribution in [2.75, 3.05) is 6.61 Å². The normalized spacial score (nSPS) is 13.9. The van der Waals surface area contributed by atoms with Gasteiger partial charge in [0, 0.05) is 5.56 Å². The molecule has 0 saturated heterocycles. The number of nitrogens with two attached hydrogens (primary N) is 1. The van der Waals surface area contributed by atoms with Crippen molar-refractivity contribution in [1.29, 1.82) is 0 Å². The Labute approximate surface area is 86.2 Å². The van der Waals surface area contributed by atoms with Crippen molar-refractivity contribution in [3.8, 4) is 5.75 Å². The van der Waals surface area contributed by atoms with Gasteiger partial charge in [-0.15, -0.1) is 0 Å². The lowest BCUT2D eigenvalue weighted by Gasteiger charge is -2.22. The zero-order valence-corrected chi connectivity index (χ0v) is 8.24. The largest absolute Gasteiger partial charge is 0.508 e. The van der Waals surface area contributed by atoms with Crippen LogP contribution in [0.5, 0.6) is 5.75 Å². The van der Waals surface area contributed by atoms with Crippen LogP contribution in [0, 0.1) is 6.92 Å². The second-order valence-electron chi connectivity index (χ2n) is 3.46. The minimum absolute atomic E-state index is 0.0611. The Kier molecular flexibility index (Phi) is 3.26. The molecule has 0 heterocycles. The number of phenolic OH excluding ortho intramolecular Hbond substituents is 1. The van der Waals surface area contributed by atoms with Crippen molar-refractivity contribution < 1.29 is 19.0 Å². The predicted molar refractivity (Wildman–Crippen MR) is 51.8 cm³/mol. The SMILES string of the molecule is Cc1ccc(O)c([C@@H](N)C(F)(F)CO)c1. The summed E-state index contributed by atoms with van der Waals surface area (Å²) in [4.78, 5) is 0. The first-order chi connectivity index (χ1) is 6.88. The van der Waals surface area contributed by atoms with Gasteiger partial charge < -0.3 is 15.9 Å². The molecule has 1 aromatic carbocycles. The second kappa shape index (κ2) is 4.12. The van der Waals surface area contributed by atoms with Gasteiger partial charge in [-0.05, 0) is 13.0 Å². The molecule has 84 valence electrons. The third-order valence-corrected chi connectivity index (χ3v) is 2.18. The van der Waals surface area contributed by atoms with Crippen molar-refractivity contribution in [1.82, 2.24) is 0 Å². The fourth-order valence-electron chi connectivity index (χ4n) is 1.25. The zero-order valence-electron chi connectivity index (χ0n) is 8.24. The van der Waals surface area contributed by atoms with E-state index >= 15 is 0 Å². The molecule has 0 fully saturated rings. The summed E-state index contributed by atoms with van der Waals surface area (Å²) in [7, 11) is 0. The van der Waals surface area contributed by atoms with E-state index in [1.807, 2.05) is 0 Å². The van der Waals surface area contributed by atoms with Crippen LogP contribution in [0.2, 0.25) is 0 Å². The maximum Gasteiger partial charge on any atom is 0.289 e. The highest BCUT2D eigenvalue weighted by molar-refractivity contribution is 5.38. The van der Waals surface area contributed by atoms with Crippen molar-refractivity contribution in [3.05, 3.63) is 29.3 Å². The molecule has 0 amide bonds. The van der Waals surface area contributed by atoms with Gasteiger partial charge in [0.1, 0.15) is 18.4 Å². The summed E-state index contributed by atoms with van der Waals surface area (Å²) in [6.45, 7) is 0.355. The van der Waals surface area contributed by atoms with Gasteiger partial charge in [0.2, 0.25) is 0 Å². The van der Waals surface area contributed by atoms with Gasteiger partial charge in [0.05, 0.1) is 0 Å². The maximum absolute atomic E-state index is 13.1. The van der Waals surface area contributed by atoms with Crippen LogP contribution in [0.15, 0.2) is 18.2 Å². The Morgan fingerprint density at radius 2 is 2.07 bits per heavy atom. The third kappa shape index (κ3) is 2.43. The van der Waals surface area contributed by atoms with Crippen LogP contribution in [-0.2, 0) is 0 Å². The van der Waals surface area contributed by atoms with Crippen LogP contribution >= 0.6 is 0 Å². The summed E-state index contributed by atoms with van der Waals surface area (Å²) >= 11 is 0. The van der Waals surface area contributed by atoms with Crippen molar-refractivity contribution >= 4 is 0 Å². The second-order valence-corrected chi connectivity index (χ2v) is 3.46. The topological polar surface area (TPSA) is 66.5 Å². The number of phenols is 1. The number of aliphatic hydroxyl groups excluding tert-OH is 1. The highest BCUT2D eigenvalue weighted by Gasteiger charge is 2.38. The fraction of sp³-hybridized carbons (Fsp3) is 0.400. The molecule has 0 aromatic heterocycles. The van der Waals surface area contributed by atoms with E-state index in [0.717, 1.165) is 0 Å². The quantitative estimate of drug-likeness (QED) is 0.715. The molecular formula is C10H13F2NO2. The molecular weight excluding hydrogens is 204 g/mol. The number of hydrogen-bond acceptors (Lipinski definition) is 3.